The Hall–Kier alpha value is -1.88. The van der Waals surface area contributed by atoms with Crippen LogP contribution in [-0.4, -0.2) is 29.6 Å². The molecule has 1 amide bonds. The van der Waals surface area contributed by atoms with Crippen molar-refractivity contribution < 1.29 is 14.7 Å². The van der Waals surface area contributed by atoms with Gasteiger partial charge < -0.3 is 16.2 Å². The molecule has 1 aromatic carbocycles. The number of nitrogens with one attached hydrogen (secondary N) is 1. The molecule has 0 spiro atoms. The van der Waals surface area contributed by atoms with Crippen molar-refractivity contribution in [3.8, 4) is 0 Å². The first-order valence-electron chi connectivity index (χ1n) is 5.36. The van der Waals surface area contributed by atoms with Crippen LogP contribution in [0.3, 0.4) is 0 Å². The first-order valence-corrected chi connectivity index (χ1v) is 5.36. The number of carboxylic acids is 1. The van der Waals surface area contributed by atoms with Crippen LogP contribution in [0.15, 0.2) is 24.3 Å². The summed E-state index contributed by atoms with van der Waals surface area (Å²) in [5.74, 6) is -1.13. The Bertz CT molecular complexity index is 399. The van der Waals surface area contributed by atoms with E-state index < -0.39 is 12.0 Å². The van der Waals surface area contributed by atoms with Crippen molar-refractivity contribution in [2.75, 3.05) is 6.54 Å². The lowest BCUT2D eigenvalue weighted by molar-refractivity contribution is -0.121. The lowest BCUT2D eigenvalue weighted by Crippen LogP contribution is -2.39. The molecule has 0 aromatic heterocycles. The number of aromatic carboxylic acids is 1. The van der Waals surface area contributed by atoms with E-state index in [0.717, 1.165) is 5.56 Å². The Morgan fingerprint density at radius 3 is 2.41 bits per heavy atom. The maximum Gasteiger partial charge on any atom is 0.335 e. The summed E-state index contributed by atoms with van der Waals surface area (Å²) in [4.78, 5) is 21.8. The van der Waals surface area contributed by atoms with Gasteiger partial charge in [0.15, 0.2) is 0 Å². The van der Waals surface area contributed by atoms with E-state index in [1.807, 2.05) is 0 Å². The Morgan fingerprint density at radius 1 is 1.35 bits per heavy atom. The Balaban J connectivity index is 2.42. The fraction of sp³-hybridized carbons (Fsp3) is 0.333. The van der Waals surface area contributed by atoms with Gasteiger partial charge in [-0.3, -0.25) is 4.79 Å². The van der Waals surface area contributed by atoms with Crippen LogP contribution >= 0.6 is 0 Å². The molecule has 92 valence electrons. The van der Waals surface area contributed by atoms with Crippen LogP contribution in [0.5, 0.6) is 0 Å². The maximum atomic E-state index is 11.2. The van der Waals surface area contributed by atoms with Gasteiger partial charge in [0, 0.05) is 6.54 Å². The number of carbonyl (C=O) groups is 2. The second-order valence-electron chi connectivity index (χ2n) is 3.83. The third-order valence-corrected chi connectivity index (χ3v) is 2.33. The van der Waals surface area contributed by atoms with Crippen LogP contribution in [0, 0.1) is 0 Å². The first-order chi connectivity index (χ1) is 8.00. The fourth-order valence-corrected chi connectivity index (χ4v) is 1.31. The average molecular weight is 236 g/mol. The minimum Gasteiger partial charge on any atom is -0.478 e. The number of benzene rings is 1. The van der Waals surface area contributed by atoms with Gasteiger partial charge in [-0.1, -0.05) is 12.1 Å². The predicted octanol–water partition coefficient (Wildman–Crippen LogP) is 0.391. The number of hydrogen-bond donors (Lipinski definition) is 3. The molecule has 0 radical (unpaired) electrons. The van der Waals surface area contributed by atoms with Gasteiger partial charge >= 0.3 is 5.97 Å². The van der Waals surface area contributed by atoms with Crippen molar-refractivity contribution in [3.05, 3.63) is 35.4 Å². The van der Waals surface area contributed by atoms with E-state index in [9.17, 15) is 9.59 Å². The number of nitrogens with two attached hydrogens (primary N) is 1. The summed E-state index contributed by atoms with van der Waals surface area (Å²) in [5, 5.41) is 11.4. The van der Waals surface area contributed by atoms with E-state index >= 15 is 0 Å². The standard InChI is InChI=1S/C12H16N2O3/c1-8(13)11(15)14-7-6-9-2-4-10(5-3-9)12(16)17/h2-5,8H,6-7,13H2,1H3,(H,14,15)(H,16,17)/t8-/m0/s1. The third kappa shape index (κ3) is 4.24. The molecular formula is C12H16N2O3. The molecule has 5 nitrogen and oxygen atoms in total. The second kappa shape index (κ2) is 6.00. The highest BCUT2D eigenvalue weighted by molar-refractivity contribution is 5.87. The summed E-state index contributed by atoms with van der Waals surface area (Å²) < 4.78 is 0. The maximum absolute atomic E-state index is 11.2. The van der Waals surface area contributed by atoms with Crippen molar-refractivity contribution >= 4 is 11.9 Å². The fourth-order valence-electron chi connectivity index (χ4n) is 1.31. The molecule has 0 bridgehead atoms. The van der Waals surface area contributed by atoms with E-state index in [4.69, 9.17) is 10.8 Å². The van der Waals surface area contributed by atoms with Crippen LogP contribution in [0.25, 0.3) is 0 Å². The zero-order valence-corrected chi connectivity index (χ0v) is 9.64. The van der Waals surface area contributed by atoms with Gasteiger partial charge in [0.2, 0.25) is 5.91 Å². The molecule has 0 saturated heterocycles. The number of carboxylic acid groups (broad SMARTS) is 1. The van der Waals surface area contributed by atoms with E-state index in [1.54, 1.807) is 31.2 Å². The first kappa shape index (κ1) is 13.2. The number of amides is 1. The molecular weight excluding hydrogens is 220 g/mol. The lowest BCUT2D eigenvalue weighted by atomic mass is 10.1. The SMILES string of the molecule is C[C@H](N)C(=O)NCCc1ccc(C(=O)O)cc1. The summed E-state index contributed by atoms with van der Waals surface area (Å²) >= 11 is 0. The normalized spacial score (nSPS) is 11.9. The molecule has 0 fully saturated rings. The van der Waals surface area contributed by atoms with E-state index in [2.05, 4.69) is 5.32 Å². The Kier molecular flexibility index (Phi) is 4.66. The van der Waals surface area contributed by atoms with Crippen molar-refractivity contribution in [3.63, 3.8) is 0 Å². The quantitative estimate of drug-likeness (QED) is 0.689. The summed E-state index contributed by atoms with van der Waals surface area (Å²) in [6.07, 6.45) is 0.651. The van der Waals surface area contributed by atoms with Gasteiger partial charge in [0.25, 0.3) is 0 Å². The molecule has 1 aromatic rings. The molecule has 0 heterocycles. The minimum absolute atomic E-state index is 0.188. The Labute approximate surface area is 99.6 Å². The molecule has 0 saturated carbocycles. The van der Waals surface area contributed by atoms with Gasteiger partial charge in [0.05, 0.1) is 11.6 Å². The van der Waals surface area contributed by atoms with Crippen LogP contribution in [-0.2, 0) is 11.2 Å². The van der Waals surface area contributed by atoms with E-state index in [1.165, 1.54) is 0 Å². The summed E-state index contributed by atoms with van der Waals surface area (Å²) in [5.41, 5.74) is 6.62. The molecule has 1 rings (SSSR count). The molecule has 4 N–H and O–H groups in total. The van der Waals surface area contributed by atoms with Gasteiger partial charge in [-0.15, -0.1) is 0 Å². The molecule has 0 aliphatic carbocycles. The van der Waals surface area contributed by atoms with Crippen LogP contribution in [0.4, 0.5) is 0 Å². The molecule has 0 aliphatic heterocycles. The monoisotopic (exact) mass is 236 g/mol. The third-order valence-electron chi connectivity index (χ3n) is 2.33. The number of carbonyl (C=O) groups excluding carboxylic acids is 1. The van der Waals surface area contributed by atoms with Gasteiger partial charge in [-0.2, -0.15) is 0 Å². The molecule has 5 heteroatoms. The predicted molar refractivity (Wildman–Crippen MR) is 63.8 cm³/mol. The molecule has 0 unspecified atom stereocenters. The molecule has 17 heavy (non-hydrogen) atoms. The number of rotatable bonds is 5. The van der Waals surface area contributed by atoms with Crippen LogP contribution < -0.4 is 11.1 Å². The average Bonchev–Trinajstić information content (AvgIpc) is 2.29. The van der Waals surface area contributed by atoms with Gasteiger partial charge in [-0.05, 0) is 31.0 Å². The zero-order valence-electron chi connectivity index (χ0n) is 9.64. The summed E-state index contributed by atoms with van der Waals surface area (Å²) in [6.45, 7) is 2.11. The number of hydrogen-bond acceptors (Lipinski definition) is 3. The highest BCUT2D eigenvalue weighted by atomic mass is 16.4. The second-order valence-corrected chi connectivity index (χ2v) is 3.83. The van der Waals surface area contributed by atoms with Crippen LogP contribution in [0.2, 0.25) is 0 Å². The van der Waals surface area contributed by atoms with E-state index in [-0.39, 0.29) is 11.5 Å². The molecule has 1 atom stereocenters. The van der Waals surface area contributed by atoms with Gasteiger partial charge in [0.1, 0.15) is 0 Å². The highest BCUT2D eigenvalue weighted by Crippen LogP contribution is 2.04. The van der Waals surface area contributed by atoms with E-state index in [0.29, 0.717) is 13.0 Å². The van der Waals surface area contributed by atoms with Crippen molar-refractivity contribution in [1.82, 2.24) is 5.32 Å². The summed E-state index contributed by atoms with van der Waals surface area (Å²) in [7, 11) is 0. The smallest absolute Gasteiger partial charge is 0.335 e. The lowest BCUT2D eigenvalue weighted by Gasteiger charge is -2.07. The largest absolute Gasteiger partial charge is 0.478 e. The van der Waals surface area contributed by atoms with Crippen molar-refractivity contribution in [2.45, 2.75) is 19.4 Å². The highest BCUT2D eigenvalue weighted by Gasteiger charge is 2.06. The summed E-state index contributed by atoms with van der Waals surface area (Å²) in [6, 6.07) is 6.06. The Morgan fingerprint density at radius 2 is 1.94 bits per heavy atom. The zero-order chi connectivity index (χ0) is 12.8. The van der Waals surface area contributed by atoms with Crippen molar-refractivity contribution in [1.29, 1.82) is 0 Å². The molecule has 0 aliphatic rings. The van der Waals surface area contributed by atoms with Gasteiger partial charge in [-0.25, -0.2) is 4.79 Å². The van der Waals surface area contributed by atoms with Crippen LogP contribution in [0.1, 0.15) is 22.8 Å². The minimum atomic E-state index is -0.943. The van der Waals surface area contributed by atoms with Crippen molar-refractivity contribution in [2.24, 2.45) is 5.73 Å². The topological polar surface area (TPSA) is 92.4 Å².